The number of pyridine rings is 1. The average Bonchev–Trinajstić information content (AvgIpc) is 3.07. The first kappa shape index (κ1) is 15.3. The Bertz CT molecular complexity index is 1020. The van der Waals surface area contributed by atoms with Crippen LogP contribution < -0.4 is 5.73 Å². The third-order valence-corrected chi connectivity index (χ3v) is 4.70. The molecule has 0 radical (unpaired) electrons. The lowest BCUT2D eigenvalue weighted by Gasteiger charge is -2.38. The Morgan fingerprint density at radius 1 is 1.52 bits per heavy atom. The van der Waals surface area contributed by atoms with Gasteiger partial charge in [0.05, 0.1) is 42.7 Å². The molecule has 2 N–H and O–H groups in total. The molecule has 2 aromatic rings. The number of rotatable bonds is 1. The molecule has 0 aliphatic carbocycles. The summed E-state index contributed by atoms with van der Waals surface area (Å²) in [6.45, 7) is 11.1. The maximum atomic E-state index is 9.76. The Morgan fingerprint density at radius 2 is 2.36 bits per heavy atom. The lowest BCUT2D eigenvalue weighted by atomic mass is 9.87. The van der Waals surface area contributed by atoms with Gasteiger partial charge in [0.1, 0.15) is 17.2 Å². The predicted molar refractivity (Wildman–Crippen MR) is 90.6 cm³/mol. The molecule has 0 amide bonds. The normalized spacial score (nSPS) is 20.4. The van der Waals surface area contributed by atoms with E-state index in [2.05, 4.69) is 15.9 Å². The molecule has 1 atom stereocenters. The van der Waals surface area contributed by atoms with Crippen molar-refractivity contribution in [3.63, 3.8) is 0 Å². The van der Waals surface area contributed by atoms with Crippen molar-refractivity contribution in [2.24, 2.45) is 0 Å². The van der Waals surface area contributed by atoms with Crippen molar-refractivity contribution in [2.75, 3.05) is 25.5 Å². The molecule has 1 saturated heterocycles. The second kappa shape index (κ2) is 5.66. The van der Waals surface area contributed by atoms with Crippen LogP contribution >= 0.6 is 0 Å². The van der Waals surface area contributed by atoms with Crippen LogP contribution in [0.15, 0.2) is 45.4 Å². The van der Waals surface area contributed by atoms with E-state index in [1.54, 1.807) is 18.3 Å². The molecule has 1 unspecified atom stereocenters. The molecular weight excluding hydrogens is 318 g/mol. The van der Waals surface area contributed by atoms with Crippen LogP contribution in [0.1, 0.15) is 18.6 Å². The highest BCUT2D eigenvalue weighted by molar-refractivity contribution is 5.87. The molecule has 0 saturated carbocycles. The highest BCUT2D eigenvalue weighted by atomic mass is 16.5. The molecule has 0 spiro atoms. The summed E-state index contributed by atoms with van der Waals surface area (Å²) in [5.74, 6) is 0.332. The van der Waals surface area contributed by atoms with Crippen molar-refractivity contribution in [1.82, 2.24) is 9.88 Å². The molecule has 25 heavy (non-hydrogen) atoms. The van der Waals surface area contributed by atoms with Crippen molar-refractivity contribution in [1.29, 1.82) is 5.26 Å². The van der Waals surface area contributed by atoms with E-state index < -0.39 is 5.92 Å². The van der Waals surface area contributed by atoms with Gasteiger partial charge in [0, 0.05) is 24.1 Å². The second-order valence-electron chi connectivity index (χ2n) is 5.95. The van der Waals surface area contributed by atoms with Gasteiger partial charge in [0.25, 0.3) is 0 Å². The average molecular weight is 333 g/mol. The fourth-order valence-corrected chi connectivity index (χ4v) is 3.47. The van der Waals surface area contributed by atoms with Crippen LogP contribution in [0.25, 0.3) is 15.8 Å². The maximum Gasteiger partial charge on any atom is 0.202 e. The van der Waals surface area contributed by atoms with E-state index >= 15 is 0 Å². The molecule has 0 aromatic carbocycles. The Hall–Kier alpha value is -3.29. The number of furan rings is 1. The van der Waals surface area contributed by atoms with Crippen LogP contribution in [0, 0.1) is 17.9 Å². The molecule has 4 heterocycles. The van der Waals surface area contributed by atoms with Crippen LogP contribution in [-0.4, -0.2) is 29.6 Å². The summed E-state index contributed by atoms with van der Waals surface area (Å²) in [6.07, 6.45) is 1.57. The number of nitriles is 1. The molecule has 7 heteroatoms. The van der Waals surface area contributed by atoms with E-state index in [1.807, 2.05) is 11.8 Å². The lowest BCUT2D eigenvalue weighted by Crippen LogP contribution is -2.38. The molecule has 2 aromatic heterocycles. The van der Waals surface area contributed by atoms with Gasteiger partial charge >= 0.3 is 0 Å². The van der Waals surface area contributed by atoms with Gasteiger partial charge in [-0.25, -0.2) is 9.83 Å². The molecule has 7 nitrogen and oxygen atoms in total. The lowest BCUT2D eigenvalue weighted by molar-refractivity contribution is 0.0832. The number of nitrogens with zero attached hydrogens (tertiary/aromatic N) is 4. The van der Waals surface area contributed by atoms with Gasteiger partial charge in [-0.15, -0.1) is 0 Å². The number of allylic oxidation sites excluding steroid dienone is 2. The third-order valence-electron chi connectivity index (χ3n) is 4.70. The van der Waals surface area contributed by atoms with E-state index in [0.29, 0.717) is 53.6 Å². The van der Waals surface area contributed by atoms with Crippen molar-refractivity contribution >= 4 is 16.8 Å². The second-order valence-corrected chi connectivity index (χ2v) is 5.95. The number of fused-ring (bicyclic) bond motifs is 2. The summed E-state index contributed by atoms with van der Waals surface area (Å²) < 4.78 is 11.5. The smallest absolute Gasteiger partial charge is 0.202 e. The zero-order valence-corrected chi connectivity index (χ0v) is 13.6. The van der Waals surface area contributed by atoms with Gasteiger partial charge in [-0.1, -0.05) is 0 Å². The fraction of sp³-hybridized carbons (Fsp3) is 0.278. The van der Waals surface area contributed by atoms with E-state index in [-0.39, 0.29) is 0 Å². The molecule has 4 rings (SSSR count). The number of anilines is 1. The summed E-state index contributed by atoms with van der Waals surface area (Å²) in [4.78, 5) is 9.80. The van der Waals surface area contributed by atoms with Gasteiger partial charge in [-0.05, 0) is 19.1 Å². The van der Waals surface area contributed by atoms with E-state index in [0.717, 1.165) is 11.4 Å². The van der Waals surface area contributed by atoms with Gasteiger partial charge < -0.3 is 19.8 Å². The Kier molecular flexibility index (Phi) is 3.45. The molecule has 0 bridgehead atoms. The third kappa shape index (κ3) is 2.18. The van der Waals surface area contributed by atoms with Crippen LogP contribution in [0.5, 0.6) is 0 Å². The number of hydrogen-bond donors (Lipinski definition) is 1. The SMILES string of the molecule is [C-]#[N+]C1=C2COCCN2C(C)=C(C#N)C1c1cc2c(N)nccc2o1. The number of hydrogen-bond acceptors (Lipinski definition) is 6. The van der Waals surface area contributed by atoms with Crippen LogP contribution in [-0.2, 0) is 4.74 Å². The monoisotopic (exact) mass is 333 g/mol. The summed E-state index contributed by atoms with van der Waals surface area (Å²) >= 11 is 0. The first-order valence-corrected chi connectivity index (χ1v) is 7.86. The summed E-state index contributed by atoms with van der Waals surface area (Å²) in [7, 11) is 0. The van der Waals surface area contributed by atoms with Crippen LogP contribution in [0.2, 0.25) is 0 Å². The molecule has 2 aliphatic rings. The van der Waals surface area contributed by atoms with Gasteiger partial charge in [0.15, 0.2) is 0 Å². The van der Waals surface area contributed by atoms with Crippen molar-refractivity contribution < 1.29 is 9.15 Å². The van der Waals surface area contributed by atoms with Gasteiger partial charge in [-0.3, -0.25) is 0 Å². The standard InChI is InChI=1S/C18H15N5O2/c1-10-12(8-19)16(17(21-2)13-9-24-6-5-23(10)13)15-7-11-14(25-15)3-4-22-18(11)20/h3-4,7,16H,5-6,9H2,1H3,(H2,20,22). The molecule has 2 aliphatic heterocycles. The fourth-order valence-electron chi connectivity index (χ4n) is 3.47. The minimum atomic E-state index is -0.553. The minimum absolute atomic E-state index is 0.355. The zero-order chi connectivity index (χ0) is 17.6. The van der Waals surface area contributed by atoms with Gasteiger partial charge in [0.2, 0.25) is 5.70 Å². The summed E-state index contributed by atoms with van der Waals surface area (Å²) in [6, 6.07) is 5.77. The van der Waals surface area contributed by atoms with E-state index in [9.17, 15) is 5.26 Å². The molecule has 1 fully saturated rings. The number of aromatic nitrogens is 1. The summed E-state index contributed by atoms with van der Waals surface area (Å²) in [5, 5.41) is 10.4. The highest BCUT2D eigenvalue weighted by Gasteiger charge is 2.38. The van der Waals surface area contributed by atoms with Crippen LogP contribution in [0.3, 0.4) is 0 Å². The highest BCUT2D eigenvalue weighted by Crippen LogP contribution is 2.44. The largest absolute Gasteiger partial charge is 0.461 e. The molecule has 124 valence electrons. The first-order chi connectivity index (χ1) is 12.2. The van der Waals surface area contributed by atoms with Crippen molar-refractivity contribution in [3.8, 4) is 6.07 Å². The van der Waals surface area contributed by atoms with Crippen LogP contribution in [0.4, 0.5) is 5.82 Å². The van der Waals surface area contributed by atoms with E-state index in [4.69, 9.17) is 21.5 Å². The number of nitrogens with two attached hydrogens (primary N) is 1. The minimum Gasteiger partial charge on any atom is -0.461 e. The Balaban J connectivity index is 1.95. The molecular formula is C18H15N5O2. The van der Waals surface area contributed by atoms with E-state index in [1.165, 1.54) is 0 Å². The number of nitrogen functional groups attached to an aromatic ring is 1. The van der Waals surface area contributed by atoms with Crippen molar-refractivity contribution in [2.45, 2.75) is 12.8 Å². The quantitative estimate of drug-likeness (QED) is 0.807. The first-order valence-electron chi connectivity index (χ1n) is 7.86. The topological polar surface area (TPSA) is 92.7 Å². The Morgan fingerprint density at radius 3 is 3.08 bits per heavy atom. The summed E-state index contributed by atoms with van der Waals surface area (Å²) in [5.41, 5.74) is 9.13. The zero-order valence-electron chi connectivity index (χ0n) is 13.6. The number of morpholine rings is 1. The maximum absolute atomic E-state index is 9.76. The number of ether oxygens (including phenoxy) is 1. The van der Waals surface area contributed by atoms with Crippen molar-refractivity contribution in [3.05, 3.63) is 58.2 Å². The Labute approximate surface area is 144 Å². The van der Waals surface area contributed by atoms with Gasteiger partial charge in [-0.2, -0.15) is 5.26 Å². The predicted octanol–water partition coefficient (Wildman–Crippen LogP) is 2.77.